The second-order valence-electron chi connectivity index (χ2n) is 9.16. The smallest absolute Gasteiger partial charge is 0.264 e. The highest BCUT2D eigenvalue weighted by atomic mass is 19.1. The van der Waals surface area contributed by atoms with Crippen LogP contribution >= 0.6 is 0 Å². The summed E-state index contributed by atoms with van der Waals surface area (Å²) >= 11 is 0. The summed E-state index contributed by atoms with van der Waals surface area (Å²) in [4.78, 5) is 24.8. The van der Waals surface area contributed by atoms with E-state index in [1.807, 2.05) is 0 Å². The fraction of sp³-hybridized carbons (Fsp3) is 0.522. The van der Waals surface area contributed by atoms with Gasteiger partial charge in [-0.05, 0) is 49.1 Å². The van der Waals surface area contributed by atoms with Crippen molar-refractivity contribution in [1.29, 1.82) is 0 Å². The lowest BCUT2D eigenvalue weighted by Crippen LogP contribution is -2.49. The van der Waals surface area contributed by atoms with Gasteiger partial charge in [-0.3, -0.25) is 14.4 Å². The first-order chi connectivity index (χ1) is 14.4. The van der Waals surface area contributed by atoms with Gasteiger partial charge in [-0.2, -0.15) is 0 Å². The molecule has 1 aromatic carbocycles. The highest BCUT2D eigenvalue weighted by molar-refractivity contribution is 6.14. The molecule has 0 radical (unpaired) electrons. The maximum Gasteiger partial charge on any atom is 0.264 e. The molecule has 7 heteroatoms. The van der Waals surface area contributed by atoms with Crippen LogP contribution in [0.5, 0.6) is 0 Å². The first kappa shape index (κ1) is 19.4. The molecule has 6 nitrogen and oxygen atoms in total. The largest absolute Gasteiger partial charge is 0.342 e. The van der Waals surface area contributed by atoms with Gasteiger partial charge in [0.2, 0.25) is 5.95 Å². The second-order valence-corrected chi connectivity index (χ2v) is 9.16. The average Bonchev–Trinajstić information content (AvgIpc) is 3.29. The van der Waals surface area contributed by atoms with Gasteiger partial charge in [0.05, 0.1) is 23.5 Å². The first-order valence-corrected chi connectivity index (χ1v) is 10.8. The predicted molar refractivity (Wildman–Crippen MR) is 115 cm³/mol. The SMILES string of the molecule is C[C@@H]1CCC2(CCN(c3nc4c(c(=O)n3C)C(c3cccc(F)c3)=NC4)CC2)[C@@H]1N. The van der Waals surface area contributed by atoms with Gasteiger partial charge < -0.3 is 10.6 Å². The predicted octanol–water partition coefficient (Wildman–Crippen LogP) is 2.61. The highest BCUT2D eigenvalue weighted by Gasteiger charge is 2.46. The maximum atomic E-state index is 13.7. The van der Waals surface area contributed by atoms with E-state index in [1.54, 1.807) is 23.7 Å². The number of hydrogen-bond acceptors (Lipinski definition) is 5. The van der Waals surface area contributed by atoms with Gasteiger partial charge in [0, 0.05) is 31.7 Å². The van der Waals surface area contributed by atoms with E-state index in [9.17, 15) is 9.18 Å². The molecule has 3 aliphatic rings. The van der Waals surface area contributed by atoms with Crippen molar-refractivity contribution >= 4 is 11.7 Å². The summed E-state index contributed by atoms with van der Waals surface area (Å²) in [6.45, 7) is 4.33. The Labute approximate surface area is 175 Å². The number of benzene rings is 1. The summed E-state index contributed by atoms with van der Waals surface area (Å²) in [6.07, 6.45) is 4.48. The minimum absolute atomic E-state index is 0.123. The van der Waals surface area contributed by atoms with Gasteiger partial charge in [-0.25, -0.2) is 9.37 Å². The minimum Gasteiger partial charge on any atom is -0.342 e. The maximum absolute atomic E-state index is 13.7. The Bertz CT molecular complexity index is 1080. The molecule has 1 saturated heterocycles. The van der Waals surface area contributed by atoms with Crippen LogP contribution in [0.2, 0.25) is 0 Å². The molecule has 1 saturated carbocycles. The highest BCUT2D eigenvalue weighted by Crippen LogP contribution is 2.48. The quantitative estimate of drug-likeness (QED) is 0.827. The number of hydrogen-bond donors (Lipinski definition) is 1. The Hall–Kier alpha value is -2.54. The van der Waals surface area contributed by atoms with Gasteiger partial charge in [0.25, 0.3) is 5.56 Å². The Kier molecular flexibility index (Phi) is 4.54. The van der Waals surface area contributed by atoms with Gasteiger partial charge in [-0.15, -0.1) is 0 Å². The number of nitrogens with two attached hydrogens (primary N) is 1. The number of fused-ring (bicyclic) bond motifs is 1. The van der Waals surface area contributed by atoms with Gasteiger partial charge >= 0.3 is 0 Å². The summed E-state index contributed by atoms with van der Waals surface area (Å²) in [6, 6.07) is 6.48. The van der Waals surface area contributed by atoms with E-state index < -0.39 is 0 Å². The molecule has 158 valence electrons. The molecule has 1 aliphatic carbocycles. The fourth-order valence-corrected chi connectivity index (χ4v) is 5.57. The topological polar surface area (TPSA) is 76.5 Å². The molecule has 2 aromatic rings. The minimum atomic E-state index is -0.341. The van der Waals surface area contributed by atoms with Crippen LogP contribution < -0.4 is 16.2 Å². The summed E-state index contributed by atoms with van der Waals surface area (Å²) in [5, 5.41) is 0. The zero-order chi connectivity index (χ0) is 21.0. The third kappa shape index (κ3) is 2.90. The lowest BCUT2D eigenvalue weighted by atomic mass is 9.73. The molecule has 0 amide bonds. The average molecular weight is 410 g/mol. The van der Waals surface area contributed by atoms with E-state index in [0.29, 0.717) is 40.9 Å². The van der Waals surface area contributed by atoms with Crippen molar-refractivity contribution in [2.24, 2.45) is 29.1 Å². The van der Waals surface area contributed by atoms with Crippen molar-refractivity contribution in [1.82, 2.24) is 9.55 Å². The number of nitrogens with zero attached hydrogens (tertiary/aromatic N) is 4. The van der Waals surface area contributed by atoms with E-state index in [2.05, 4.69) is 16.8 Å². The van der Waals surface area contributed by atoms with Crippen LogP contribution in [-0.4, -0.2) is 34.4 Å². The Morgan fingerprint density at radius 1 is 1.23 bits per heavy atom. The first-order valence-electron chi connectivity index (χ1n) is 10.8. The standard InChI is InChI=1S/C23H28FN5O/c1-14-6-7-23(20(14)25)8-10-29(11-9-23)22-27-17-13-26-19(18(17)21(30)28(22)2)15-4-3-5-16(24)12-15/h3-5,12,14,20H,6-11,13,25H2,1-2H3/t14-,20-/m1/s1. The molecular formula is C23H28FN5O. The Morgan fingerprint density at radius 3 is 2.67 bits per heavy atom. The molecule has 1 aromatic heterocycles. The monoisotopic (exact) mass is 409 g/mol. The normalized spacial score (nSPS) is 24.9. The number of anilines is 1. The lowest BCUT2D eigenvalue weighted by Gasteiger charge is -2.43. The zero-order valence-corrected chi connectivity index (χ0v) is 17.6. The van der Waals surface area contributed by atoms with Crippen molar-refractivity contribution < 1.29 is 4.39 Å². The van der Waals surface area contributed by atoms with E-state index in [-0.39, 0.29) is 22.8 Å². The summed E-state index contributed by atoms with van der Waals surface area (Å²) in [5.74, 6) is 0.938. The van der Waals surface area contributed by atoms with Gasteiger partial charge in [0.15, 0.2) is 0 Å². The van der Waals surface area contributed by atoms with Gasteiger partial charge in [0.1, 0.15) is 5.82 Å². The molecule has 2 aliphatic heterocycles. The third-order valence-electron chi connectivity index (χ3n) is 7.52. The summed E-state index contributed by atoms with van der Waals surface area (Å²) in [5.41, 5.74) is 8.98. The van der Waals surface area contributed by atoms with Crippen molar-refractivity contribution in [3.8, 4) is 0 Å². The molecule has 5 rings (SSSR count). The molecule has 3 heterocycles. The van der Waals surface area contributed by atoms with Crippen molar-refractivity contribution in [3.63, 3.8) is 0 Å². The molecular weight excluding hydrogens is 381 g/mol. The summed E-state index contributed by atoms with van der Waals surface area (Å²) < 4.78 is 15.3. The van der Waals surface area contributed by atoms with E-state index in [1.165, 1.54) is 25.0 Å². The van der Waals surface area contributed by atoms with E-state index in [0.717, 1.165) is 25.9 Å². The van der Waals surface area contributed by atoms with Crippen molar-refractivity contribution in [3.05, 3.63) is 57.3 Å². The molecule has 0 bridgehead atoms. The fourth-order valence-electron chi connectivity index (χ4n) is 5.57. The van der Waals surface area contributed by atoms with Crippen molar-refractivity contribution in [2.45, 2.75) is 45.2 Å². The third-order valence-corrected chi connectivity index (χ3v) is 7.52. The van der Waals surface area contributed by atoms with Crippen LogP contribution in [-0.2, 0) is 13.6 Å². The summed E-state index contributed by atoms with van der Waals surface area (Å²) in [7, 11) is 1.76. The van der Waals surface area contributed by atoms with Crippen LogP contribution in [0.25, 0.3) is 0 Å². The lowest BCUT2D eigenvalue weighted by molar-refractivity contribution is 0.185. The molecule has 1 spiro atoms. The number of aromatic nitrogens is 2. The van der Waals surface area contributed by atoms with Crippen LogP contribution in [0, 0.1) is 17.2 Å². The van der Waals surface area contributed by atoms with E-state index in [4.69, 9.17) is 10.7 Å². The van der Waals surface area contributed by atoms with E-state index >= 15 is 0 Å². The van der Waals surface area contributed by atoms with Crippen LogP contribution in [0.4, 0.5) is 10.3 Å². The van der Waals surface area contributed by atoms with Gasteiger partial charge in [-0.1, -0.05) is 19.1 Å². The zero-order valence-electron chi connectivity index (χ0n) is 17.6. The number of aliphatic imine (C=N–C) groups is 1. The van der Waals surface area contributed by atoms with Crippen LogP contribution in [0.3, 0.4) is 0 Å². The molecule has 2 fully saturated rings. The van der Waals surface area contributed by atoms with Crippen LogP contribution in [0.1, 0.15) is 49.4 Å². The number of halogens is 1. The van der Waals surface area contributed by atoms with Crippen LogP contribution in [0.15, 0.2) is 34.1 Å². The second kappa shape index (κ2) is 7.01. The Balaban J connectivity index is 1.43. The molecule has 0 unspecified atom stereocenters. The number of piperidine rings is 1. The molecule has 2 N–H and O–H groups in total. The number of rotatable bonds is 2. The molecule has 2 atom stereocenters. The Morgan fingerprint density at radius 2 is 2.00 bits per heavy atom. The van der Waals surface area contributed by atoms with Crippen molar-refractivity contribution in [2.75, 3.05) is 18.0 Å². The molecule has 30 heavy (non-hydrogen) atoms.